The van der Waals surface area contributed by atoms with Gasteiger partial charge >= 0.3 is 0 Å². The first-order valence-corrected chi connectivity index (χ1v) is 5.49. The Labute approximate surface area is 98.9 Å². The van der Waals surface area contributed by atoms with Gasteiger partial charge in [0.25, 0.3) is 0 Å². The average Bonchev–Trinajstić information content (AvgIpc) is 2.31. The molecule has 0 aliphatic heterocycles. The predicted molar refractivity (Wildman–Crippen MR) is 62.9 cm³/mol. The highest BCUT2D eigenvalue weighted by Crippen LogP contribution is 2.26. The van der Waals surface area contributed by atoms with Gasteiger partial charge in [0.1, 0.15) is 5.82 Å². The fourth-order valence-corrected chi connectivity index (χ4v) is 1.88. The zero-order valence-electron chi connectivity index (χ0n) is 8.61. The van der Waals surface area contributed by atoms with Gasteiger partial charge in [-0.1, -0.05) is 24.3 Å². The molecule has 16 heavy (non-hydrogen) atoms. The smallest absolute Gasteiger partial charge is 0.127 e. The summed E-state index contributed by atoms with van der Waals surface area (Å²) in [5.74, 6) is -0.265. The van der Waals surface area contributed by atoms with Crippen LogP contribution < -0.4 is 0 Å². The van der Waals surface area contributed by atoms with Crippen molar-refractivity contribution in [1.82, 2.24) is 4.98 Å². The summed E-state index contributed by atoms with van der Waals surface area (Å²) in [7, 11) is 0. The van der Waals surface area contributed by atoms with Crippen molar-refractivity contribution in [1.29, 1.82) is 0 Å². The predicted octanol–water partition coefficient (Wildman–Crippen LogP) is 3.74. The largest absolute Gasteiger partial charge is 0.261 e. The second kappa shape index (κ2) is 5.08. The number of pyridine rings is 1. The van der Waals surface area contributed by atoms with Crippen LogP contribution in [0, 0.1) is 5.82 Å². The van der Waals surface area contributed by atoms with E-state index in [0.29, 0.717) is 12.0 Å². The molecular weight excluding hydrogens is 225 g/mol. The molecule has 3 heteroatoms. The van der Waals surface area contributed by atoms with Gasteiger partial charge in [-0.15, -0.1) is 11.6 Å². The van der Waals surface area contributed by atoms with Crippen LogP contribution in [-0.2, 0) is 6.42 Å². The summed E-state index contributed by atoms with van der Waals surface area (Å²) in [5.41, 5.74) is 1.39. The van der Waals surface area contributed by atoms with Crippen molar-refractivity contribution in [3.63, 3.8) is 0 Å². The summed E-state index contributed by atoms with van der Waals surface area (Å²) in [5, 5.41) is -0.379. The fraction of sp³-hybridized carbons (Fsp3) is 0.154. The van der Waals surface area contributed by atoms with Crippen molar-refractivity contribution in [2.24, 2.45) is 0 Å². The molecule has 0 saturated carbocycles. The first-order chi connectivity index (χ1) is 7.77. The van der Waals surface area contributed by atoms with Crippen LogP contribution in [0.2, 0.25) is 0 Å². The standard InChI is InChI=1S/C13H11ClFN/c14-12(9-10-5-3-4-8-16-10)11-6-1-2-7-13(11)15/h1-8,12H,9H2. The van der Waals surface area contributed by atoms with Gasteiger partial charge in [0.2, 0.25) is 0 Å². The summed E-state index contributed by atoms with van der Waals surface area (Å²) in [4.78, 5) is 4.17. The second-order valence-corrected chi connectivity index (χ2v) is 4.04. The molecule has 1 atom stereocenters. The zero-order chi connectivity index (χ0) is 11.4. The number of hydrogen-bond acceptors (Lipinski definition) is 1. The van der Waals surface area contributed by atoms with E-state index in [1.807, 2.05) is 18.2 Å². The number of halogens is 2. The second-order valence-electron chi connectivity index (χ2n) is 3.51. The normalized spacial score (nSPS) is 12.4. The van der Waals surface area contributed by atoms with E-state index in [4.69, 9.17) is 11.6 Å². The van der Waals surface area contributed by atoms with Gasteiger partial charge in [-0.05, 0) is 18.2 Å². The molecule has 2 aromatic rings. The van der Waals surface area contributed by atoms with Gasteiger partial charge in [-0.25, -0.2) is 4.39 Å². The summed E-state index contributed by atoms with van der Waals surface area (Å²) in [6.45, 7) is 0. The Bertz CT molecular complexity index is 458. The molecule has 0 radical (unpaired) electrons. The molecule has 0 spiro atoms. The lowest BCUT2D eigenvalue weighted by Gasteiger charge is -2.09. The maximum atomic E-state index is 13.4. The van der Waals surface area contributed by atoms with Crippen molar-refractivity contribution in [3.05, 3.63) is 65.7 Å². The minimum Gasteiger partial charge on any atom is -0.261 e. The topological polar surface area (TPSA) is 12.9 Å². The molecule has 82 valence electrons. The number of nitrogens with zero attached hydrogens (tertiary/aromatic N) is 1. The number of aromatic nitrogens is 1. The quantitative estimate of drug-likeness (QED) is 0.739. The molecule has 2 rings (SSSR count). The average molecular weight is 236 g/mol. The lowest BCUT2D eigenvalue weighted by atomic mass is 10.1. The van der Waals surface area contributed by atoms with Gasteiger partial charge in [-0.3, -0.25) is 4.98 Å². The lowest BCUT2D eigenvalue weighted by molar-refractivity contribution is 0.605. The molecule has 0 aliphatic carbocycles. The fourth-order valence-electron chi connectivity index (χ4n) is 1.54. The lowest BCUT2D eigenvalue weighted by Crippen LogP contribution is -2.00. The molecule has 1 aromatic carbocycles. The Kier molecular flexibility index (Phi) is 3.52. The number of alkyl halides is 1. The zero-order valence-corrected chi connectivity index (χ0v) is 9.36. The van der Waals surface area contributed by atoms with Crippen molar-refractivity contribution in [2.45, 2.75) is 11.8 Å². The number of rotatable bonds is 3. The summed E-state index contributed by atoms with van der Waals surface area (Å²) < 4.78 is 13.4. The third-order valence-electron chi connectivity index (χ3n) is 2.36. The third-order valence-corrected chi connectivity index (χ3v) is 2.75. The monoisotopic (exact) mass is 235 g/mol. The maximum absolute atomic E-state index is 13.4. The Hall–Kier alpha value is -1.41. The van der Waals surface area contributed by atoms with Crippen LogP contribution >= 0.6 is 11.6 Å². The van der Waals surface area contributed by atoms with Gasteiger partial charge in [0, 0.05) is 23.9 Å². The molecule has 1 nitrogen and oxygen atoms in total. The first-order valence-electron chi connectivity index (χ1n) is 5.06. The minimum absolute atomic E-state index is 0.265. The number of benzene rings is 1. The van der Waals surface area contributed by atoms with Crippen molar-refractivity contribution >= 4 is 11.6 Å². The van der Waals surface area contributed by atoms with Crippen molar-refractivity contribution in [3.8, 4) is 0 Å². The molecule has 1 heterocycles. The summed E-state index contributed by atoms with van der Waals surface area (Å²) in [6.07, 6.45) is 2.24. The Morgan fingerprint density at radius 2 is 1.88 bits per heavy atom. The van der Waals surface area contributed by atoms with Crippen LogP contribution in [0.4, 0.5) is 4.39 Å². The summed E-state index contributed by atoms with van der Waals surface area (Å²) in [6, 6.07) is 12.2. The molecule has 0 aliphatic rings. The third kappa shape index (κ3) is 2.58. The van der Waals surface area contributed by atoms with Gasteiger partial charge in [0.05, 0.1) is 5.38 Å². The van der Waals surface area contributed by atoms with Crippen LogP contribution in [0.3, 0.4) is 0 Å². The van der Waals surface area contributed by atoms with E-state index >= 15 is 0 Å². The van der Waals surface area contributed by atoms with Crippen LogP contribution in [0.15, 0.2) is 48.7 Å². The molecule has 0 N–H and O–H groups in total. The van der Waals surface area contributed by atoms with E-state index in [-0.39, 0.29) is 11.2 Å². The highest BCUT2D eigenvalue weighted by atomic mass is 35.5. The van der Waals surface area contributed by atoms with E-state index in [0.717, 1.165) is 5.69 Å². The van der Waals surface area contributed by atoms with E-state index < -0.39 is 0 Å². The SMILES string of the molecule is Fc1ccccc1C(Cl)Cc1ccccn1. The van der Waals surface area contributed by atoms with Crippen molar-refractivity contribution < 1.29 is 4.39 Å². The molecule has 0 saturated heterocycles. The number of hydrogen-bond donors (Lipinski definition) is 0. The van der Waals surface area contributed by atoms with Crippen LogP contribution in [0.1, 0.15) is 16.6 Å². The molecular formula is C13H11ClFN. The highest BCUT2D eigenvalue weighted by molar-refractivity contribution is 6.20. The van der Waals surface area contributed by atoms with E-state index in [1.165, 1.54) is 6.07 Å². The van der Waals surface area contributed by atoms with Gasteiger partial charge < -0.3 is 0 Å². The van der Waals surface area contributed by atoms with Gasteiger partial charge in [-0.2, -0.15) is 0 Å². The maximum Gasteiger partial charge on any atom is 0.127 e. The van der Waals surface area contributed by atoms with Crippen LogP contribution in [0.5, 0.6) is 0 Å². The van der Waals surface area contributed by atoms with Gasteiger partial charge in [0.15, 0.2) is 0 Å². The Morgan fingerprint density at radius 1 is 1.12 bits per heavy atom. The highest BCUT2D eigenvalue weighted by Gasteiger charge is 2.13. The Balaban J connectivity index is 2.15. The first kappa shape index (κ1) is 11.1. The van der Waals surface area contributed by atoms with Crippen molar-refractivity contribution in [2.75, 3.05) is 0 Å². The Morgan fingerprint density at radius 3 is 2.56 bits per heavy atom. The van der Waals surface area contributed by atoms with E-state index in [9.17, 15) is 4.39 Å². The van der Waals surface area contributed by atoms with E-state index in [1.54, 1.807) is 24.4 Å². The molecule has 0 fully saturated rings. The molecule has 0 amide bonds. The van der Waals surface area contributed by atoms with Crippen LogP contribution in [0.25, 0.3) is 0 Å². The molecule has 1 unspecified atom stereocenters. The molecule has 1 aromatic heterocycles. The summed E-state index contributed by atoms with van der Waals surface area (Å²) >= 11 is 6.17. The molecule has 0 bridgehead atoms. The van der Waals surface area contributed by atoms with Crippen LogP contribution in [-0.4, -0.2) is 4.98 Å². The van der Waals surface area contributed by atoms with E-state index in [2.05, 4.69) is 4.98 Å². The minimum atomic E-state index is -0.379.